The monoisotopic (exact) mass is 331 g/mol. The van der Waals surface area contributed by atoms with Gasteiger partial charge < -0.3 is 15.8 Å². The molecule has 0 aliphatic heterocycles. The molecule has 2 aromatic rings. The minimum Gasteiger partial charge on any atom is -0.452 e. The molecular weight excluding hydrogens is 317 g/mol. The lowest BCUT2D eigenvalue weighted by Crippen LogP contribution is -2.37. The molecule has 24 heavy (non-hydrogen) atoms. The Morgan fingerprint density at radius 2 is 1.79 bits per heavy atom. The third kappa shape index (κ3) is 4.80. The number of ether oxygens (including phenoxy) is 1. The highest BCUT2D eigenvalue weighted by molar-refractivity contribution is 6.02. The van der Waals surface area contributed by atoms with E-state index in [1.54, 1.807) is 30.3 Å². The average Bonchev–Trinajstić information content (AvgIpc) is 2.53. The molecule has 0 fully saturated rings. The van der Waals surface area contributed by atoms with Crippen molar-refractivity contribution < 1.29 is 23.5 Å². The van der Waals surface area contributed by atoms with Gasteiger partial charge >= 0.3 is 12.0 Å². The van der Waals surface area contributed by atoms with Gasteiger partial charge in [-0.25, -0.2) is 14.0 Å². The molecule has 0 saturated heterocycles. The standard InChI is InChI=1S/C16H14FN3O4/c17-10-6-7-12(13(18)8-10)15(22)24-9-14(21)20-16(23)19-11-4-2-1-3-5-11/h1-8H,9,18H2,(H2,19,20,21,23). The number of rotatable bonds is 4. The number of nitrogens with one attached hydrogen (secondary N) is 2. The topological polar surface area (TPSA) is 111 Å². The van der Waals surface area contributed by atoms with Crippen LogP contribution in [0, 0.1) is 5.82 Å². The van der Waals surface area contributed by atoms with Gasteiger partial charge in [-0.05, 0) is 30.3 Å². The zero-order valence-corrected chi connectivity index (χ0v) is 12.4. The van der Waals surface area contributed by atoms with E-state index in [0.29, 0.717) is 5.69 Å². The molecule has 0 saturated carbocycles. The Bertz CT molecular complexity index is 765. The van der Waals surface area contributed by atoms with Crippen LogP contribution in [0.25, 0.3) is 0 Å². The second kappa shape index (κ2) is 7.73. The predicted octanol–water partition coefficient (Wildman–Crippen LogP) is 1.91. The molecule has 0 unspecified atom stereocenters. The highest BCUT2D eigenvalue weighted by Gasteiger charge is 2.15. The number of nitrogens with two attached hydrogens (primary N) is 1. The number of hydrogen-bond donors (Lipinski definition) is 3. The van der Waals surface area contributed by atoms with E-state index in [9.17, 15) is 18.8 Å². The quantitative estimate of drug-likeness (QED) is 0.585. The zero-order valence-electron chi connectivity index (χ0n) is 12.4. The summed E-state index contributed by atoms with van der Waals surface area (Å²) in [5, 5.41) is 4.44. The van der Waals surface area contributed by atoms with Gasteiger partial charge in [-0.2, -0.15) is 0 Å². The van der Waals surface area contributed by atoms with Crippen molar-refractivity contribution in [1.29, 1.82) is 0 Å². The molecule has 0 heterocycles. The predicted molar refractivity (Wildman–Crippen MR) is 84.7 cm³/mol. The van der Waals surface area contributed by atoms with Gasteiger partial charge in [0, 0.05) is 11.4 Å². The molecule has 0 aliphatic rings. The third-order valence-corrected chi connectivity index (χ3v) is 2.85. The molecule has 7 nitrogen and oxygen atoms in total. The maximum absolute atomic E-state index is 12.9. The zero-order chi connectivity index (χ0) is 17.5. The van der Waals surface area contributed by atoms with Crippen LogP contribution in [-0.4, -0.2) is 24.5 Å². The average molecular weight is 331 g/mol. The molecule has 4 N–H and O–H groups in total. The summed E-state index contributed by atoms with van der Waals surface area (Å²) < 4.78 is 17.6. The fourth-order valence-corrected chi connectivity index (χ4v) is 1.77. The molecule has 0 bridgehead atoms. The number of halogens is 1. The SMILES string of the molecule is Nc1cc(F)ccc1C(=O)OCC(=O)NC(=O)Nc1ccccc1. The van der Waals surface area contributed by atoms with Gasteiger partial charge in [-0.3, -0.25) is 10.1 Å². The number of urea groups is 1. The number of hydrogen-bond acceptors (Lipinski definition) is 5. The number of para-hydroxylation sites is 1. The molecule has 0 atom stereocenters. The van der Waals surface area contributed by atoms with E-state index in [4.69, 9.17) is 10.5 Å². The lowest BCUT2D eigenvalue weighted by molar-refractivity contribution is -0.123. The lowest BCUT2D eigenvalue weighted by atomic mass is 10.2. The van der Waals surface area contributed by atoms with Crippen LogP contribution in [0.4, 0.5) is 20.6 Å². The maximum Gasteiger partial charge on any atom is 0.340 e. The van der Waals surface area contributed by atoms with E-state index in [0.717, 1.165) is 18.2 Å². The van der Waals surface area contributed by atoms with Gasteiger partial charge in [0.1, 0.15) is 5.82 Å². The Hall–Kier alpha value is -3.42. The minimum atomic E-state index is -0.897. The Morgan fingerprint density at radius 3 is 2.46 bits per heavy atom. The van der Waals surface area contributed by atoms with Crippen molar-refractivity contribution in [1.82, 2.24) is 5.32 Å². The molecular formula is C16H14FN3O4. The van der Waals surface area contributed by atoms with Crippen molar-refractivity contribution in [3.8, 4) is 0 Å². The molecule has 8 heteroatoms. The first-order valence-corrected chi connectivity index (χ1v) is 6.84. The van der Waals surface area contributed by atoms with Crippen molar-refractivity contribution in [2.24, 2.45) is 0 Å². The van der Waals surface area contributed by atoms with Crippen molar-refractivity contribution in [2.45, 2.75) is 0 Å². The van der Waals surface area contributed by atoms with E-state index in [1.165, 1.54) is 0 Å². The Kier molecular flexibility index (Phi) is 5.45. The van der Waals surface area contributed by atoms with Crippen LogP contribution in [0.15, 0.2) is 48.5 Å². The smallest absolute Gasteiger partial charge is 0.340 e. The summed E-state index contributed by atoms with van der Waals surface area (Å²) in [6.07, 6.45) is 0. The summed E-state index contributed by atoms with van der Waals surface area (Å²) in [5.74, 6) is -2.32. The van der Waals surface area contributed by atoms with Crippen LogP contribution in [-0.2, 0) is 9.53 Å². The van der Waals surface area contributed by atoms with E-state index >= 15 is 0 Å². The summed E-state index contributed by atoms with van der Waals surface area (Å²) in [5.41, 5.74) is 5.81. The largest absolute Gasteiger partial charge is 0.452 e. The van der Waals surface area contributed by atoms with Gasteiger partial charge in [0.05, 0.1) is 5.56 Å². The van der Waals surface area contributed by atoms with Crippen LogP contribution < -0.4 is 16.4 Å². The van der Waals surface area contributed by atoms with Crippen LogP contribution in [0.2, 0.25) is 0 Å². The number of carbonyl (C=O) groups is 3. The van der Waals surface area contributed by atoms with E-state index in [2.05, 4.69) is 5.32 Å². The molecule has 124 valence electrons. The summed E-state index contributed by atoms with van der Waals surface area (Å²) in [7, 11) is 0. The Morgan fingerprint density at radius 1 is 1.08 bits per heavy atom. The van der Waals surface area contributed by atoms with Crippen LogP contribution >= 0.6 is 0 Å². The number of imide groups is 1. The highest BCUT2D eigenvalue weighted by atomic mass is 19.1. The van der Waals surface area contributed by atoms with Crippen LogP contribution in [0.1, 0.15) is 10.4 Å². The van der Waals surface area contributed by atoms with Crippen molar-refractivity contribution >= 4 is 29.3 Å². The van der Waals surface area contributed by atoms with Gasteiger partial charge in [0.2, 0.25) is 0 Å². The molecule has 2 rings (SSSR count). The van der Waals surface area contributed by atoms with Crippen molar-refractivity contribution in [3.63, 3.8) is 0 Å². The van der Waals surface area contributed by atoms with Crippen molar-refractivity contribution in [3.05, 3.63) is 59.9 Å². The first kappa shape index (κ1) is 16.9. The number of anilines is 2. The number of carbonyl (C=O) groups excluding carboxylic acids is 3. The summed E-state index contributed by atoms with van der Waals surface area (Å²) in [6, 6.07) is 10.9. The van der Waals surface area contributed by atoms with E-state index in [-0.39, 0.29) is 11.3 Å². The molecule has 2 aromatic carbocycles. The van der Waals surface area contributed by atoms with Gasteiger partial charge in [-0.15, -0.1) is 0 Å². The fraction of sp³-hybridized carbons (Fsp3) is 0.0625. The second-order valence-corrected chi connectivity index (χ2v) is 4.68. The number of benzene rings is 2. The number of amides is 3. The molecule has 0 aromatic heterocycles. The summed E-state index contributed by atoms with van der Waals surface area (Å²) in [4.78, 5) is 34.9. The summed E-state index contributed by atoms with van der Waals surface area (Å²) in [6.45, 7) is -0.683. The van der Waals surface area contributed by atoms with Crippen molar-refractivity contribution in [2.75, 3.05) is 17.7 Å². The normalized spacial score (nSPS) is 9.88. The molecule has 0 radical (unpaired) electrons. The Labute approximate surface area is 136 Å². The number of esters is 1. The summed E-state index contributed by atoms with van der Waals surface area (Å²) >= 11 is 0. The minimum absolute atomic E-state index is 0.0714. The van der Waals surface area contributed by atoms with E-state index in [1.807, 2.05) is 5.32 Å². The third-order valence-electron chi connectivity index (χ3n) is 2.85. The molecule has 0 spiro atoms. The van der Waals surface area contributed by atoms with Gasteiger partial charge in [0.25, 0.3) is 5.91 Å². The molecule has 0 aliphatic carbocycles. The first-order chi connectivity index (χ1) is 11.5. The number of nitrogen functional groups attached to an aromatic ring is 1. The van der Waals surface area contributed by atoms with Crippen LogP contribution in [0.5, 0.6) is 0 Å². The van der Waals surface area contributed by atoms with Gasteiger partial charge in [0.15, 0.2) is 6.61 Å². The second-order valence-electron chi connectivity index (χ2n) is 4.68. The molecule has 3 amide bonds. The highest BCUT2D eigenvalue weighted by Crippen LogP contribution is 2.14. The first-order valence-electron chi connectivity index (χ1n) is 6.84. The van der Waals surface area contributed by atoms with Crippen LogP contribution in [0.3, 0.4) is 0 Å². The lowest BCUT2D eigenvalue weighted by Gasteiger charge is -2.08. The Balaban J connectivity index is 1.82. The van der Waals surface area contributed by atoms with Gasteiger partial charge in [-0.1, -0.05) is 18.2 Å². The van der Waals surface area contributed by atoms with E-state index < -0.39 is 30.3 Å². The fourth-order valence-electron chi connectivity index (χ4n) is 1.77. The maximum atomic E-state index is 12.9.